The number of hydrogen-bond donors (Lipinski definition) is 1. The second-order valence-corrected chi connectivity index (χ2v) is 6.01. The molecule has 1 unspecified atom stereocenters. The highest BCUT2D eigenvalue weighted by atomic mass is 32.2. The van der Waals surface area contributed by atoms with E-state index in [1.54, 1.807) is 12.1 Å². The average Bonchev–Trinajstić information content (AvgIpc) is 2.60. The van der Waals surface area contributed by atoms with Crippen LogP contribution in [0, 0.1) is 0 Å². The second-order valence-electron chi connectivity index (χ2n) is 3.82. The molecule has 0 bridgehead atoms. The van der Waals surface area contributed by atoms with Gasteiger partial charge in [0.2, 0.25) is 0 Å². The zero-order valence-corrected chi connectivity index (χ0v) is 8.46. The van der Waals surface area contributed by atoms with Gasteiger partial charge in [0, 0.05) is 6.42 Å². The van der Waals surface area contributed by atoms with Crippen LogP contribution in [-0.2, 0) is 16.3 Å². The van der Waals surface area contributed by atoms with E-state index in [1.807, 2.05) is 0 Å². The van der Waals surface area contributed by atoms with Crippen LogP contribution in [0.25, 0.3) is 0 Å². The Morgan fingerprint density at radius 3 is 2.86 bits per heavy atom. The van der Waals surface area contributed by atoms with Gasteiger partial charge in [-0.3, -0.25) is 0 Å². The van der Waals surface area contributed by atoms with Gasteiger partial charge in [0.05, 0.1) is 23.4 Å². The lowest BCUT2D eigenvalue weighted by atomic mass is 9.98. The molecule has 1 N–H and O–H groups in total. The van der Waals surface area contributed by atoms with E-state index < -0.39 is 15.4 Å². The van der Waals surface area contributed by atoms with Crippen LogP contribution in [0.3, 0.4) is 0 Å². The lowest BCUT2D eigenvalue weighted by molar-refractivity contribution is 0.0627. The van der Waals surface area contributed by atoms with Gasteiger partial charge in [0.1, 0.15) is 5.76 Å². The number of hydrogen-bond acceptors (Lipinski definition) is 4. The first-order chi connectivity index (χ1) is 6.49. The van der Waals surface area contributed by atoms with E-state index >= 15 is 0 Å². The van der Waals surface area contributed by atoms with Crippen molar-refractivity contribution in [2.75, 3.05) is 11.5 Å². The summed E-state index contributed by atoms with van der Waals surface area (Å²) < 4.78 is 27.4. The predicted molar refractivity (Wildman–Crippen MR) is 50.6 cm³/mol. The zero-order valence-electron chi connectivity index (χ0n) is 7.64. The first kappa shape index (κ1) is 9.73. The van der Waals surface area contributed by atoms with Crippen molar-refractivity contribution < 1.29 is 17.9 Å². The molecule has 4 nitrogen and oxygen atoms in total. The minimum absolute atomic E-state index is 0.0736. The lowest BCUT2D eigenvalue weighted by Gasteiger charge is -2.18. The smallest absolute Gasteiger partial charge is 0.153 e. The number of rotatable bonds is 2. The Labute approximate surface area is 82.5 Å². The Kier molecular flexibility index (Phi) is 2.16. The van der Waals surface area contributed by atoms with Crippen LogP contribution in [-0.4, -0.2) is 30.6 Å². The molecule has 1 aromatic rings. The highest BCUT2D eigenvalue weighted by Gasteiger charge is 2.41. The topological polar surface area (TPSA) is 67.5 Å². The molecule has 2 rings (SSSR count). The Hall–Kier alpha value is -0.810. The first-order valence-corrected chi connectivity index (χ1v) is 6.27. The van der Waals surface area contributed by atoms with Crippen molar-refractivity contribution in [2.24, 2.45) is 0 Å². The number of furan rings is 1. The van der Waals surface area contributed by atoms with Gasteiger partial charge in [0.25, 0.3) is 0 Å². The molecule has 5 heteroatoms. The first-order valence-electron chi connectivity index (χ1n) is 4.44. The van der Waals surface area contributed by atoms with Gasteiger partial charge in [-0.05, 0) is 18.6 Å². The van der Waals surface area contributed by atoms with Gasteiger partial charge >= 0.3 is 0 Å². The Balaban J connectivity index is 2.12. The van der Waals surface area contributed by atoms with E-state index in [-0.39, 0.29) is 17.9 Å². The van der Waals surface area contributed by atoms with E-state index in [2.05, 4.69) is 0 Å². The molecule has 0 saturated carbocycles. The molecule has 1 aromatic heterocycles. The monoisotopic (exact) mass is 216 g/mol. The van der Waals surface area contributed by atoms with Gasteiger partial charge in [-0.2, -0.15) is 0 Å². The van der Waals surface area contributed by atoms with Gasteiger partial charge < -0.3 is 9.52 Å². The van der Waals surface area contributed by atoms with Crippen LogP contribution in [0.4, 0.5) is 0 Å². The normalized spacial score (nSPS) is 30.6. The summed E-state index contributed by atoms with van der Waals surface area (Å²) >= 11 is 0. The number of sulfone groups is 1. The van der Waals surface area contributed by atoms with E-state index in [0.29, 0.717) is 12.2 Å². The Morgan fingerprint density at radius 2 is 2.36 bits per heavy atom. The molecule has 1 saturated heterocycles. The van der Waals surface area contributed by atoms with E-state index in [9.17, 15) is 13.5 Å². The molecule has 0 aromatic carbocycles. The van der Waals surface area contributed by atoms with Gasteiger partial charge in [-0.15, -0.1) is 0 Å². The maximum absolute atomic E-state index is 11.2. The third kappa shape index (κ3) is 1.99. The van der Waals surface area contributed by atoms with Crippen molar-refractivity contribution in [3.63, 3.8) is 0 Å². The van der Waals surface area contributed by atoms with E-state index in [0.717, 1.165) is 0 Å². The molecule has 0 spiro atoms. The summed E-state index contributed by atoms with van der Waals surface area (Å²) in [6.07, 6.45) is 2.09. The van der Waals surface area contributed by atoms with Crippen molar-refractivity contribution in [1.29, 1.82) is 0 Å². The fraction of sp³-hybridized carbons (Fsp3) is 0.556. The Morgan fingerprint density at radius 1 is 1.57 bits per heavy atom. The molecule has 1 fully saturated rings. The molecule has 14 heavy (non-hydrogen) atoms. The lowest BCUT2D eigenvalue weighted by Crippen LogP contribution is -2.32. The summed E-state index contributed by atoms with van der Waals surface area (Å²) in [5, 5.41) is 9.96. The summed E-state index contributed by atoms with van der Waals surface area (Å²) in [5.41, 5.74) is -1.13. The SMILES string of the molecule is O=S1(=O)CCC(O)(Cc2ccco2)C1. The van der Waals surface area contributed by atoms with Crippen molar-refractivity contribution >= 4 is 9.84 Å². The van der Waals surface area contributed by atoms with Crippen molar-refractivity contribution in [2.45, 2.75) is 18.4 Å². The van der Waals surface area contributed by atoms with Crippen LogP contribution >= 0.6 is 0 Å². The van der Waals surface area contributed by atoms with Gasteiger partial charge in [0.15, 0.2) is 9.84 Å². The highest BCUT2D eigenvalue weighted by molar-refractivity contribution is 7.91. The third-order valence-electron chi connectivity index (χ3n) is 2.45. The van der Waals surface area contributed by atoms with Crippen LogP contribution < -0.4 is 0 Å². The molecule has 0 amide bonds. The maximum Gasteiger partial charge on any atom is 0.153 e. The molecule has 0 radical (unpaired) electrons. The Bertz CT molecular complexity index is 406. The molecular formula is C9H12O4S. The van der Waals surface area contributed by atoms with Gasteiger partial charge in [-0.1, -0.05) is 0 Å². The van der Waals surface area contributed by atoms with Crippen LogP contribution in [0.1, 0.15) is 12.2 Å². The minimum Gasteiger partial charge on any atom is -0.469 e. The fourth-order valence-electron chi connectivity index (χ4n) is 1.78. The molecule has 78 valence electrons. The van der Waals surface area contributed by atoms with E-state index in [4.69, 9.17) is 4.42 Å². The summed E-state index contributed by atoms with van der Waals surface area (Å²) in [6.45, 7) is 0. The van der Waals surface area contributed by atoms with Crippen LogP contribution in [0.15, 0.2) is 22.8 Å². The van der Waals surface area contributed by atoms with Crippen molar-refractivity contribution in [3.8, 4) is 0 Å². The number of aliphatic hydroxyl groups is 1. The summed E-state index contributed by atoms with van der Waals surface area (Å²) in [5.74, 6) is 0.551. The van der Waals surface area contributed by atoms with Gasteiger partial charge in [-0.25, -0.2) is 8.42 Å². The standard InChI is InChI=1S/C9H12O4S/c10-9(3-5-14(11,12)7-9)6-8-2-1-4-13-8/h1-2,4,10H,3,5-7H2. The van der Waals surface area contributed by atoms with Crippen molar-refractivity contribution in [1.82, 2.24) is 0 Å². The van der Waals surface area contributed by atoms with E-state index in [1.165, 1.54) is 6.26 Å². The summed E-state index contributed by atoms with van der Waals surface area (Å²) in [7, 11) is -3.05. The highest BCUT2D eigenvalue weighted by Crippen LogP contribution is 2.27. The zero-order chi connectivity index (χ0) is 10.2. The largest absolute Gasteiger partial charge is 0.469 e. The molecule has 2 heterocycles. The molecule has 1 aliphatic heterocycles. The molecule has 1 atom stereocenters. The van der Waals surface area contributed by atoms with Crippen molar-refractivity contribution in [3.05, 3.63) is 24.2 Å². The van der Waals surface area contributed by atoms with Crippen LogP contribution in [0.2, 0.25) is 0 Å². The average molecular weight is 216 g/mol. The molecular weight excluding hydrogens is 204 g/mol. The quantitative estimate of drug-likeness (QED) is 0.775. The maximum atomic E-state index is 11.2. The molecule has 0 aliphatic carbocycles. The third-order valence-corrected chi connectivity index (χ3v) is 4.25. The molecule has 1 aliphatic rings. The minimum atomic E-state index is -3.05. The summed E-state index contributed by atoms with van der Waals surface area (Å²) in [6, 6.07) is 3.46. The summed E-state index contributed by atoms with van der Waals surface area (Å²) in [4.78, 5) is 0. The fourth-order valence-corrected chi connectivity index (χ4v) is 3.68. The predicted octanol–water partition coefficient (Wildman–Crippen LogP) is 0.372. The second kappa shape index (κ2) is 3.10. The van der Waals surface area contributed by atoms with Crippen LogP contribution in [0.5, 0.6) is 0 Å².